The molecule has 2 aromatic rings. The zero-order chi connectivity index (χ0) is 19.2. The summed E-state index contributed by atoms with van der Waals surface area (Å²) in [7, 11) is 1.83. The van der Waals surface area contributed by atoms with Gasteiger partial charge in [0.25, 0.3) is 0 Å². The standard InChI is InChI=1S/C20H28FN5S/c1-15(2)19-24-17(14-27-19)8-9-23-20(22-3)26-12-10-25(11-13-26)18-6-4-16(21)5-7-18/h4-7,14-15H,8-13H2,1-3H3,(H,22,23). The molecule has 1 aromatic carbocycles. The molecule has 3 rings (SSSR count). The Hall–Kier alpha value is -2.15. The first kappa shape index (κ1) is 19.6. The maximum absolute atomic E-state index is 13.1. The lowest BCUT2D eigenvalue weighted by atomic mass is 10.2. The van der Waals surface area contributed by atoms with Gasteiger partial charge in [-0.25, -0.2) is 9.37 Å². The molecular formula is C20H28FN5S. The van der Waals surface area contributed by atoms with Crippen LogP contribution in [0.5, 0.6) is 0 Å². The van der Waals surface area contributed by atoms with Gasteiger partial charge in [0, 0.05) is 63.2 Å². The normalized spacial score (nSPS) is 15.5. The Labute approximate surface area is 164 Å². The minimum atomic E-state index is -0.192. The summed E-state index contributed by atoms with van der Waals surface area (Å²) >= 11 is 1.74. The number of anilines is 1. The molecule has 0 unspecified atom stereocenters. The van der Waals surface area contributed by atoms with Crippen molar-refractivity contribution in [3.8, 4) is 0 Å². The third-order valence-corrected chi connectivity index (χ3v) is 5.90. The molecular weight excluding hydrogens is 361 g/mol. The molecule has 0 spiro atoms. The second kappa shape index (κ2) is 9.17. The van der Waals surface area contributed by atoms with E-state index in [-0.39, 0.29) is 5.82 Å². The van der Waals surface area contributed by atoms with Crippen LogP contribution in [0.25, 0.3) is 0 Å². The molecule has 0 amide bonds. The highest BCUT2D eigenvalue weighted by atomic mass is 32.1. The van der Waals surface area contributed by atoms with E-state index in [1.807, 2.05) is 19.2 Å². The second-order valence-corrected chi connectivity index (χ2v) is 7.90. The molecule has 5 nitrogen and oxygen atoms in total. The minimum Gasteiger partial charge on any atom is -0.368 e. The fraction of sp³-hybridized carbons (Fsp3) is 0.500. The van der Waals surface area contributed by atoms with Gasteiger partial charge in [-0.2, -0.15) is 0 Å². The lowest BCUT2D eigenvalue weighted by Gasteiger charge is -2.37. The molecule has 0 atom stereocenters. The summed E-state index contributed by atoms with van der Waals surface area (Å²) in [6.07, 6.45) is 0.901. The van der Waals surface area contributed by atoms with Crippen LogP contribution < -0.4 is 10.2 Å². The monoisotopic (exact) mass is 389 g/mol. The Morgan fingerprint density at radius 3 is 2.52 bits per heavy atom. The average molecular weight is 390 g/mol. The van der Waals surface area contributed by atoms with E-state index in [9.17, 15) is 4.39 Å². The summed E-state index contributed by atoms with van der Waals surface area (Å²) in [5, 5.41) is 6.81. The number of hydrogen-bond acceptors (Lipinski definition) is 4. The van der Waals surface area contributed by atoms with Crippen LogP contribution in [-0.4, -0.2) is 55.6 Å². The van der Waals surface area contributed by atoms with Gasteiger partial charge in [-0.1, -0.05) is 13.8 Å². The molecule has 7 heteroatoms. The van der Waals surface area contributed by atoms with Crippen LogP contribution in [-0.2, 0) is 6.42 Å². The molecule has 27 heavy (non-hydrogen) atoms. The number of aromatic nitrogens is 1. The number of nitrogens with zero attached hydrogens (tertiary/aromatic N) is 4. The maximum atomic E-state index is 13.1. The van der Waals surface area contributed by atoms with Gasteiger partial charge in [-0.05, 0) is 24.3 Å². The van der Waals surface area contributed by atoms with Gasteiger partial charge in [0.15, 0.2) is 5.96 Å². The summed E-state index contributed by atoms with van der Waals surface area (Å²) in [4.78, 5) is 13.7. The first-order valence-corrected chi connectivity index (χ1v) is 10.3. The fourth-order valence-electron chi connectivity index (χ4n) is 3.17. The van der Waals surface area contributed by atoms with Crippen LogP contribution in [0.15, 0.2) is 34.6 Å². The van der Waals surface area contributed by atoms with Gasteiger partial charge in [0.05, 0.1) is 10.7 Å². The van der Waals surface area contributed by atoms with E-state index in [2.05, 4.69) is 44.3 Å². The van der Waals surface area contributed by atoms with Crippen molar-refractivity contribution in [1.82, 2.24) is 15.2 Å². The van der Waals surface area contributed by atoms with E-state index >= 15 is 0 Å². The van der Waals surface area contributed by atoms with Crippen molar-refractivity contribution in [2.45, 2.75) is 26.2 Å². The Morgan fingerprint density at radius 1 is 1.22 bits per heavy atom. The Kier molecular flexibility index (Phi) is 6.66. The first-order chi connectivity index (χ1) is 13.1. The van der Waals surface area contributed by atoms with Gasteiger partial charge in [-0.3, -0.25) is 4.99 Å². The van der Waals surface area contributed by atoms with Crippen molar-refractivity contribution < 1.29 is 4.39 Å². The highest BCUT2D eigenvalue weighted by Crippen LogP contribution is 2.19. The lowest BCUT2D eigenvalue weighted by molar-refractivity contribution is 0.373. The van der Waals surface area contributed by atoms with Crippen molar-refractivity contribution in [3.63, 3.8) is 0 Å². The summed E-state index contributed by atoms with van der Waals surface area (Å²) in [6.45, 7) is 8.76. The van der Waals surface area contributed by atoms with Crippen molar-refractivity contribution in [2.75, 3.05) is 44.7 Å². The van der Waals surface area contributed by atoms with Crippen molar-refractivity contribution in [3.05, 3.63) is 46.2 Å². The van der Waals surface area contributed by atoms with Crippen molar-refractivity contribution >= 4 is 23.0 Å². The molecule has 2 heterocycles. The highest BCUT2D eigenvalue weighted by Gasteiger charge is 2.19. The number of thiazole rings is 1. The van der Waals surface area contributed by atoms with Gasteiger partial charge in [-0.15, -0.1) is 11.3 Å². The summed E-state index contributed by atoms with van der Waals surface area (Å²) in [5.41, 5.74) is 2.22. The van der Waals surface area contributed by atoms with Crippen LogP contribution in [0.3, 0.4) is 0 Å². The van der Waals surface area contributed by atoms with Gasteiger partial charge < -0.3 is 15.1 Å². The molecule has 146 valence electrons. The molecule has 1 fully saturated rings. The Bertz CT molecular complexity index is 748. The number of halogens is 1. The molecule has 0 aliphatic carbocycles. The van der Waals surface area contributed by atoms with Crippen LogP contribution in [0.2, 0.25) is 0 Å². The van der Waals surface area contributed by atoms with Crippen molar-refractivity contribution in [2.24, 2.45) is 4.99 Å². The number of rotatable bonds is 5. The lowest BCUT2D eigenvalue weighted by Crippen LogP contribution is -2.52. The third kappa shape index (κ3) is 5.19. The van der Waals surface area contributed by atoms with E-state index in [0.29, 0.717) is 5.92 Å². The van der Waals surface area contributed by atoms with Gasteiger partial charge in [0.2, 0.25) is 0 Å². The first-order valence-electron chi connectivity index (χ1n) is 9.47. The maximum Gasteiger partial charge on any atom is 0.193 e. The molecule has 0 bridgehead atoms. The van der Waals surface area contributed by atoms with E-state index in [1.165, 1.54) is 17.1 Å². The summed E-state index contributed by atoms with van der Waals surface area (Å²) in [5.74, 6) is 1.23. The molecule has 1 saturated heterocycles. The van der Waals surface area contributed by atoms with Gasteiger partial charge >= 0.3 is 0 Å². The smallest absolute Gasteiger partial charge is 0.193 e. The third-order valence-electron chi connectivity index (χ3n) is 4.71. The SMILES string of the molecule is CN=C(NCCc1csc(C(C)C)n1)N1CCN(c2ccc(F)cc2)CC1. The number of piperazine rings is 1. The zero-order valence-corrected chi connectivity index (χ0v) is 17.1. The number of hydrogen-bond donors (Lipinski definition) is 1. The van der Waals surface area contributed by atoms with E-state index < -0.39 is 0 Å². The predicted molar refractivity (Wildman–Crippen MR) is 111 cm³/mol. The Morgan fingerprint density at radius 2 is 1.93 bits per heavy atom. The quantitative estimate of drug-likeness (QED) is 0.629. The van der Waals surface area contributed by atoms with E-state index in [0.717, 1.165) is 56.5 Å². The molecule has 1 aromatic heterocycles. The zero-order valence-electron chi connectivity index (χ0n) is 16.3. The largest absolute Gasteiger partial charge is 0.368 e. The molecule has 0 radical (unpaired) electrons. The van der Waals surface area contributed by atoms with Crippen LogP contribution in [0.1, 0.15) is 30.5 Å². The fourth-order valence-corrected chi connectivity index (χ4v) is 4.04. The summed E-state index contributed by atoms with van der Waals surface area (Å²) in [6, 6.07) is 6.73. The minimum absolute atomic E-state index is 0.192. The number of guanidine groups is 1. The number of nitrogens with one attached hydrogen (secondary N) is 1. The highest BCUT2D eigenvalue weighted by molar-refractivity contribution is 7.09. The Balaban J connectivity index is 1.46. The van der Waals surface area contributed by atoms with Crippen LogP contribution in [0, 0.1) is 5.82 Å². The molecule has 1 aliphatic rings. The van der Waals surface area contributed by atoms with E-state index in [4.69, 9.17) is 0 Å². The second-order valence-electron chi connectivity index (χ2n) is 7.01. The van der Waals surface area contributed by atoms with Gasteiger partial charge in [0.1, 0.15) is 5.82 Å². The predicted octanol–water partition coefficient (Wildman–Crippen LogP) is 3.35. The molecule has 1 N–H and O–H groups in total. The summed E-state index contributed by atoms with van der Waals surface area (Å²) < 4.78 is 13.1. The van der Waals surface area contributed by atoms with Crippen molar-refractivity contribution in [1.29, 1.82) is 0 Å². The number of aliphatic imine (C=N–C) groups is 1. The van der Waals surface area contributed by atoms with E-state index in [1.54, 1.807) is 11.3 Å². The molecule has 1 aliphatic heterocycles. The molecule has 0 saturated carbocycles. The van der Waals surface area contributed by atoms with Crippen LogP contribution in [0.4, 0.5) is 10.1 Å². The average Bonchev–Trinajstić information content (AvgIpc) is 3.15. The topological polar surface area (TPSA) is 43.8 Å². The number of benzene rings is 1. The van der Waals surface area contributed by atoms with Crippen LogP contribution >= 0.6 is 11.3 Å².